The largest absolute Gasteiger partial charge is 0.468 e. The van der Waals surface area contributed by atoms with Gasteiger partial charge in [-0.3, -0.25) is 9.59 Å². The number of ether oxygens (including phenoxy) is 2. The van der Waals surface area contributed by atoms with Crippen molar-refractivity contribution in [3.05, 3.63) is 70.2 Å². The van der Waals surface area contributed by atoms with Crippen LogP contribution in [0.25, 0.3) is 0 Å². The molecule has 0 radical (unpaired) electrons. The monoisotopic (exact) mass is 573 g/mol. The molecule has 37 heavy (non-hydrogen) atoms. The molecule has 0 spiro atoms. The number of aliphatic hydroxyl groups is 2. The Morgan fingerprint density at radius 3 is 2.41 bits per heavy atom. The Balaban J connectivity index is 1.58. The fraction of sp³-hybridized carbons (Fsp3) is 0.517. The van der Waals surface area contributed by atoms with Crippen molar-refractivity contribution in [3.8, 4) is 0 Å². The van der Waals surface area contributed by atoms with Crippen molar-refractivity contribution in [1.29, 1.82) is 0 Å². The van der Waals surface area contributed by atoms with Crippen LogP contribution in [0, 0.1) is 23.2 Å². The van der Waals surface area contributed by atoms with E-state index in [0.717, 1.165) is 15.6 Å². The zero-order valence-electron chi connectivity index (χ0n) is 21.5. The highest BCUT2D eigenvalue weighted by Gasteiger charge is 2.73. The summed E-state index contributed by atoms with van der Waals surface area (Å²) in [5.74, 6) is -3.12. The number of methoxy groups -OCH3 is 1. The van der Waals surface area contributed by atoms with E-state index in [9.17, 15) is 19.8 Å². The number of carbonyl (C=O) groups is 2. The molecule has 0 bridgehead atoms. The maximum absolute atomic E-state index is 13.7. The van der Waals surface area contributed by atoms with Crippen LogP contribution in [0.3, 0.4) is 0 Å². The Morgan fingerprint density at radius 2 is 1.76 bits per heavy atom. The number of aliphatic hydroxyl groups excluding tert-OH is 1. The third-order valence-electron chi connectivity index (χ3n) is 8.52. The fourth-order valence-electron chi connectivity index (χ4n) is 6.43. The Morgan fingerprint density at radius 1 is 1.08 bits per heavy atom. The SMILES string of the molecule is COC(=O)[C@@]12C(=O)N[C@@H](Cc3ccccc3)[C@@H]1[C@H](C)[C@@](C)(O)[C@@H](O)[C@@H]2CCOCCc1ccc(Br)cc1. The van der Waals surface area contributed by atoms with Gasteiger partial charge in [-0.25, -0.2) is 0 Å². The molecule has 1 aliphatic heterocycles. The maximum Gasteiger partial charge on any atom is 0.322 e. The zero-order chi connectivity index (χ0) is 26.8. The lowest BCUT2D eigenvalue weighted by atomic mass is 9.50. The smallest absolute Gasteiger partial charge is 0.322 e. The van der Waals surface area contributed by atoms with Crippen molar-refractivity contribution in [2.45, 2.75) is 50.9 Å². The van der Waals surface area contributed by atoms with Crippen LogP contribution in [-0.2, 0) is 31.9 Å². The quantitative estimate of drug-likeness (QED) is 0.241. The highest BCUT2D eigenvalue weighted by Crippen LogP contribution is 2.58. The minimum Gasteiger partial charge on any atom is -0.468 e. The van der Waals surface area contributed by atoms with Gasteiger partial charge < -0.3 is 25.0 Å². The van der Waals surface area contributed by atoms with Gasteiger partial charge >= 0.3 is 5.97 Å². The molecule has 0 aromatic heterocycles. The lowest BCUT2D eigenvalue weighted by Crippen LogP contribution is -2.68. The van der Waals surface area contributed by atoms with Crippen LogP contribution in [0.1, 0.15) is 31.4 Å². The van der Waals surface area contributed by atoms with Crippen LogP contribution in [0.15, 0.2) is 59.1 Å². The molecule has 1 heterocycles. The van der Waals surface area contributed by atoms with Gasteiger partial charge in [-0.05, 0) is 55.4 Å². The molecule has 7 nitrogen and oxygen atoms in total. The first-order valence-electron chi connectivity index (χ1n) is 12.8. The van der Waals surface area contributed by atoms with Gasteiger partial charge in [-0.2, -0.15) is 0 Å². The number of hydrogen-bond donors (Lipinski definition) is 3. The van der Waals surface area contributed by atoms with Crippen LogP contribution in [0.4, 0.5) is 0 Å². The lowest BCUT2D eigenvalue weighted by molar-refractivity contribution is -0.219. The Kier molecular flexibility index (Phi) is 8.43. The second kappa shape index (κ2) is 11.2. The molecule has 1 amide bonds. The summed E-state index contributed by atoms with van der Waals surface area (Å²) in [6.45, 7) is 4.07. The van der Waals surface area contributed by atoms with Crippen molar-refractivity contribution in [3.63, 3.8) is 0 Å². The third-order valence-corrected chi connectivity index (χ3v) is 9.05. The van der Waals surface area contributed by atoms with Crippen LogP contribution >= 0.6 is 15.9 Å². The minimum absolute atomic E-state index is 0.224. The topological polar surface area (TPSA) is 105 Å². The molecule has 0 unspecified atom stereocenters. The van der Waals surface area contributed by atoms with Gasteiger partial charge in [0.05, 0.1) is 25.4 Å². The van der Waals surface area contributed by atoms with E-state index < -0.39 is 52.8 Å². The molecule has 2 aromatic carbocycles. The molecule has 2 fully saturated rings. The molecule has 1 aliphatic carbocycles. The Bertz CT molecular complexity index is 1090. The van der Waals surface area contributed by atoms with Crippen molar-refractivity contribution >= 4 is 27.8 Å². The Hall–Kier alpha value is -2.26. The number of amides is 1. The number of hydrogen-bond acceptors (Lipinski definition) is 6. The summed E-state index contributed by atoms with van der Waals surface area (Å²) in [6.07, 6.45) is 0.124. The van der Waals surface area contributed by atoms with Crippen LogP contribution in [-0.4, -0.2) is 60.2 Å². The summed E-state index contributed by atoms with van der Waals surface area (Å²) in [6, 6.07) is 17.3. The maximum atomic E-state index is 13.7. The fourth-order valence-corrected chi connectivity index (χ4v) is 6.69. The molecule has 3 N–H and O–H groups in total. The number of esters is 1. The van der Waals surface area contributed by atoms with E-state index in [1.165, 1.54) is 7.11 Å². The van der Waals surface area contributed by atoms with Crippen LogP contribution < -0.4 is 5.32 Å². The average Bonchev–Trinajstić information content (AvgIpc) is 3.17. The molecule has 2 aromatic rings. The van der Waals surface area contributed by atoms with Crippen molar-refractivity contribution < 1.29 is 29.3 Å². The molecule has 200 valence electrons. The first kappa shape index (κ1) is 27.8. The van der Waals surface area contributed by atoms with Crippen molar-refractivity contribution in [1.82, 2.24) is 5.32 Å². The number of carbonyl (C=O) groups excluding carboxylic acids is 2. The molecular formula is C29H36BrNO6. The van der Waals surface area contributed by atoms with Gasteiger partial charge in [-0.15, -0.1) is 0 Å². The molecule has 2 aliphatic rings. The van der Waals surface area contributed by atoms with Crippen LogP contribution in [0.5, 0.6) is 0 Å². The standard InChI is InChI=1S/C29H36BrNO6/c1-18-24-23(17-20-7-5-4-6-8-20)31-26(33)29(24,27(34)36-3)22(25(32)28(18,2)35)14-16-37-15-13-19-9-11-21(30)12-10-19/h4-12,18,22-25,32,35H,13-17H2,1-3H3,(H,31,33)/t18-,22-,23-,24-,25-,28+,29+/m0/s1. The first-order valence-corrected chi connectivity index (χ1v) is 13.6. The molecule has 7 atom stereocenters. The highest BCUT2D eigenvalue weighted by atomic mass is 79.9. The van der Waals surface area contributed by atoms with Crippen molar-refractivity contribution in [2.75, 3.05) is 20.3 Å². The number of halogens is 1. The number of fused-ring (bicyclic) bond motifs is 1. The van der Waals surface area contributed by atoms with E-state index in [-0.39, 0.29) is 13.0 Å². The van der Waals surface area contributed by atoms with Gasteiger partial charge in [-0.1, -0.05) is 65.3 Å². The average molecular weight is 575 g/mol. The first-order chi connectivity index (χ1) is 17.6. The van der Waals surface area contributed by atoms with E-state index in [4.69, 9.17) is 9.47 Å². The second-order valence-corrected chi connectivity index (χ2v) is 11.4. The van der Waals surface area contributed by atoms with Gasteiger partial charge in [0.2, 0.25) is 5.91 Å². The zero-order valence-corrected chi connectivity index (χ0v) is 23.1. The summed E-state index contributed by atoms with van der Waals surface area (Å²) in [5, 5.41) is 25.9. The van der Waals surface area contributed by atoms with E-state index in [1.54, 1.807) is 13.8 Å². The van der Waals surface area contributed by atoms with Gasteiger partial charge in [0.15, 0.2) is 5.41 Å². The normalized spacial score (nSPS) is 33.0. The van der Waals surface area contributed by atoms with Gasteiger partial charge in [0, 0.05) is 29.0 Å². The van der Waals surface area contributed by atoms with E-state index in [0.29, 0.717) is 19.4 Å². The third kappa shape index (κ3) is 5.09. The summed E-state index contributed by atoms with van der Waals surface area (Å²) < 4.78 is 12.1. The van der Waals surface area contributed by atoms with Gasteiger partial charge in [0.25, 0.3) is 0 Å². The number of rotatable bonds is 9. The van der Waals surface area contributed by atoms with E-state index in [1.807, 2.05) is 54.6 Å². The van der Waals surface area contributed by atoms with Crippen LogP contribution in [0.2, 0.25) is 0 Å². The van der Waals surface area contributed by atoms with E-state index >= 15 is 0 Å². The number of nitrogens with one attached hydrogen (secondary N) is 1. The molecular weight excluding hydrogens is 538 g/mol. The molecule has 4 rings (SSSR count). The molecule has 1 saturated carbocycles. The Labute approximate surface area is 226 Å². The predicted octanol–water partition coefficient (Wildman–Crippen LogP) is 3.29. The second-order valence-electron chi connectivity index (χ2n) is 10.5. The minimum atomic E-state index is -1.62. The highest BCUT2D eigenvalue weighted by molar-refractivity contribution is 9.10. The predicted molar refractivity (Wildman–Crippen MR) is 143 cm³/mol. The molecule has 1 saturated heterocycles. The summed E-state index contributed by atoms with van der Waals surface area (Å²) in [7, 11) is 1.27. The number of benzene rings is 2. The molecule has 8 heteroatoms. The summed E-state index contributed by atoms with van der Waals surface area (Å²) >= 11 is 3.43. The van der Waals surface area contributed by atoms with E-state index in [2.05, 4.69) is 21.2 Å². The summed E-state index contributed by atoms with van der Waals surface area (Å²) in [5.41, 5.74) is -0.988. The lowest BCUT2D eigenvalue weighted by Gasteiger charge is -2.54. The van der Waals surface area contributed by atoms with Crippen molar-refractivity contribution in [2.24, 2.45) is 23.2 Å². The summed E-state index contributed by atoms with van der Waals surface area (Å²) in [4.78, 5) is 27.2. The van der Waals surface area contributed by atoms with Gasteiger partial charge in [0.1, 0.15) is 0 Å².